The number of ether oxygens (including phenoxy) is 1. The number of halogens is 3. The van der Waals surface area contributed by atoms with Crippen molar-refractivity contribution in [3.63, 3.8) is 0 Å². The molecule has 0 aliphatic rings. The molecule has 2 aromatic carbocycles. The lowest BCUT2D eigenvalue weighted by atomic mass is 10.3. The minimum atomic E-state index is -0.132. The van der Waals surface area contributed by atoms with E-state index in [1.54, 1.807) is 42.5 Å². The highest BCUT2D eigenvalue weighted by Crippen LogP contribution is 2.27. The first-order valence-corrected chi connectivity index (χ1v) is 11.8. The Morgan fingerprint density at radius 1 is 1.13 bits per heavy atom. The van der Waals surface area contributed by atoms with Crippen LogP contribution in [0, 0.1) is 0 Å². The highest BCUT2D eigenvalue weighted by molar-refractivity contribution is 7.99. The Balaban J connectivity index is 1.48. The Hall–Kier alpha value is -1.93. The molecule has 0 spiro atoms. The van der Waals surface area contributed by atoms with Crippen LogP contribution < -0.4 is 10.1 Å². The molecule has 0 fully saturated rings. The topological polar surface area (TPSA) is 69.0 Å². The molecule has 0 aliphatic heterocycles. The van der Waals surface area contributed by atoms with Crippen molar-refractivity contribution in [3.05, 3.63) is 63.4 Å². The number of aromatic nitrogens is 3. The van der Waals surface area contributed by atoms with E-state index in [2.05, 4.69) is 15.5 Å². The zero-order chi connectivity index (χ0) is 22.2. The SMILES string of the molecule is CCn1c(CCCOc2ccc(Cl)cc2Cl)nnc1SCC(=O)Nc1cccc(Cl)c1. The van der Waals surface area contributed by atoms with Gasteiger partial charge in [0.2, 0.25) is 5.91 Å². The number of rotatable bonds is 10. The number of benzene rings is 2. The number of nitrogens with zero attached hydrogens (tertiary/aromatic N) is 3. The maximum Gasteiger partial charge on any atom is 0.234 e. The van der Waals surface area contributed by atoms with Crippen molar-refractivity contribution in [1.29, 1.82) is 0 Å². The third kappa shape index (κ3) is 7.04. The van der Waals surface area contributed by atoms with Crippen LogP contribution in [-0.4, -0.2) is 33.0 Å². The smallest absolute Gasteiger partial charge is 0.234 e. The largest absolute Gasteiger partial charge is 0.492 e. The van der Waals surface area contributed by atoms with Crippen LogP contribution in [0.1, 0.15) is 19.2 Å². The minimum absolute atomic E-state index is 0.132. The van der Waals surface area contributed by atoms with E-state index in [0.29, 0.717) is 51.2 Å². The summed E-state index contributed by atoms with van der Waals surface area (Å²) in [6.07, 6.45) is 1.44. The number of anilines is 1. The first-order chi connectivity index (χ1) is 15.0. The molecule has 1 aromatic heterocycles. The van der Waals surface area contributed by atoms with Crippen LogP contribution in [0.3, 0.4) is 0 Å². The second-order valence-electron chi connectivity index (χ2n) is 6.52. The maximum atomic E-state index is 12.2. The van der Waals surface area contributed by atoms with Crippen LogP contribution in [0.2, 0.25) is 15.1 Å². The average Bonchev–Trinajstić information content (AvgIpc) is 3.12. The summed E-state index contributed by atoms with van der Waals surface area (Å²) in [6.45, 7) is 3.22. The number of hydrogen-bond acceptors (Lipinski definition) is 5. The summed E-state index contributed by atoms with van der Waals surface area (Å²) in [5, 5.41) is 13.7. The Labute approximate surface area is 200 Å². The van der Waals surface area contributed by atoms with E-state index in [4.69, 9.17) is 39.5 Å². The van der Waals surface area contributed by atoms with E-state index in [0.717, 1.165) is 12.2 Å². The van der Waals surface area contributed by atoms with Crippen molar-refractivity contribution in [2.75, 3.05) is 17.7 Å². The fourth-order valence-electron chi connectivity index (χ4n) is 2.83. The number of thioether (sulfide) groups is 1. The van der Waals surface area contributed by atoms with Crippen molar-refractivity contribution < 1.29 is 9.53 Å². The second kappa shape index (κ2) is 11.6. The molecule has 0 bridgehead atoms. The molecule has 0 radical (unpaired) electrons. The van der Waals surface area contributed by atoms with Crippen LogP contribution in [0.25, 0.3) is 0 Å². The summed E-state index contributed by atoms with van der Waals surface area (Å²) in [7, 11) is 0. The normalized spacial score (nSPS) is 10.8. The molecule has 3 rings (SSSR count). The van der Waals surface area contributed by atoms with Gasteiger partial charge in [0, 0.05) is 28.7 Å². The third-order valence-corrected chi connectivity index (χ3v) is 5.98. The van der Waals surface area contributed by atoms with E-state index in [9.17, 15) is 4.79 Å². The number of hydrogen-bond donors (Lipinski definition) is 1. The highest BCUT2D eigenvalue weighted by atomic mass is 35.5. The summed E-state index contributed by atoms with van der Waals surface area (Å²) in [6, 6.07) is 12.2. The Kier molecular flexibility index (Phi) is 8.90. The van der Waals surface area contributed by atoms with E-state index in [1.807, 2.05) is 11.5 Å². The average molecular weight is 500 g/mol. The standard InChI is InChI=1S/C21H21Cl3N4O2S/c1-2-28-19(7-4-10-30-18-9-8-15(23)12-17(18)24)26-27-21(28)31-13-20(29)25-16-6-3-5-14(22)11-16/h3,5-6,8-9,11-12H,2,4,7,10,13H2,1H3,(H,25,29). The molecule has 164 valence electrons. The van der Waals surface area contributed by atoms with Gasteiger partial charge in [-0.2, -0.15) is 0 Å². The predicted molar refractivity (Wildman–Crippen MR) is 127 cm³/mol. The lowest BCUT2D eigenvalue weighted by molar-refractivity contribution is -0.113. The number of nitrogens with one attached hydrogen (secondary N) is 1. The highest BCUT2D eigenvalue weighted by Gasteiger charge is 2.13. The first-order valence-electron chi connectivity index (χ1n) is 9.64. The van der Waals surface area contributed by atoms with Crippen molar-refractivity contribution >= 4 is 58.2 Å². The quantitative estimate of drug-likeness (QED) is 0.274. The fourth-order valence-corrected chi connectivity index (χ4v) is 4.30. The van der Waals surface area contributed by atoms with Gasteiger partial charge in [0.1, 0.15) is 11.6 Å². The summed E-state index contributed by atoms with van der Waals surface area (Å²) >= 11 is 19.3. The molecule has 1 N–H and O–H groups in total. The molecule has 0 unspecified atom stereocenters. The summed E-state index contributed by atoms with van der Waals surface area (Å²) in [5.41, 5.74) is 0.663. The van der Waals surface area contributed by atoms with Crippen molar-refractivity contribution in [2.24, 2.45) is 0 Å². The van der Waals surface area contributed by atoms with Crippen LogP contribution in [-0.2, 0) is 17.8 Å². The number of amides is 1. The number of aryl methyl sites for hydroxylation is 1. The van der Waals surface area contributed by atoms with E-state index in [-0.39, 0.29) is 11.7 Å². The lowest BCUT2D eigenvalue weighted by Crippen LogP contribution is -2.14. The summed E-state index contributed by atoms with van der Waals surface area (Å²) < 4.78 is 7.73. The molecule has 10 heteroatoms. The summed E-state index contributed by atoms with van der Waals surface area (Å²) in [5.74, 6) is 1.55. The van der Waals surface area contributed by atoms with Crippen LogP contribution in [0.5, 0.6) is 5.75 Å². The maximum absolute atomic E-state index is 12.2. The van der Waals surface area contributed by atoms with Gasteiger partial charge in [-0.05, 0) is 49.7 Å². The van der Waals surface area contributed by atoms with Gasteiger partial charge in [0.05, 0.1) is 17.4 Å². The molecule has 3 aromatic rings. The van der Waals surface area contributed by atoms with Gasteiger partial charge in [-0.15, -0.1) is 10.2 Å². The van der Waals surface area contributed by atoms with Crippen molar-refractivity contribution in [2.45, 2.75) is 31.5 Å². The molecule has 31 heavy (non-hydrogen) atoms. The van der Waals surface area contributed by atoms with Crippen LogP contribution >= 0.6 is 46.6 Å². The van der Waals surface area contributed by atoms with Crippen LogP contribution in [0.15, 0.2) is 47.6 Å². The molecular formula is C21H21Cl3N4O2S. The van der Waals surface area contributed by atoms with Gasteiger partial charge >= 0.3 is 0 Å². The minimum Gasteiger partial charge on any atom is -0.492 e. The first kappa shape index (κ1) is 23.7. The molecule has 0 saturated carbocycles. The van der Waals surface area contributed by atoms with Gasteiger partial charge in [-0.1, -0.05) is 52.6 Å². The lowest BCUT2D eigenvalue weighted by Gasteiger charge is -2.09. The van der Waals surface area contributed by atoms with E-state index in [1.165, 1.54) is 11.8 Å². The summed E-state index contributed by atoms with van der Waals surface area (Å²) in [4.78, 5) is 12.2. The van der Waals surface area contributed by atoms with E-state index >= 15 is 0 Å². The van der Waals surface area contributed by atoms with Gasteiger partial charge in [-0.3, -0.25) is 4.79 Å². The monoisotopic (exact) mass is 498 g/mol. The fraction of sp³-hybridized carbons (Fsp3) is 0.286. The van der Waals surface area contributed by atoms with E-state index < -0.39 is 0 Å². The molecule has 6 nitrogen and oxygen atoms in total. The Morgan fingerprint density at radius 2 is 1.94 bits per heavy atom. The van der Waals surface area contributed by atoms with Gasteiger partial charge in [-0.25, -0.2) is 0 Å². The number of carbonyl (C=O) groups is 1. The number of carbonyl (C=O) groups excluding carboxylic acids is 1. The molecular weight excluding hydrogens is 479 g/mol. The van der Waals surface area contributed by atoms with Crippen molar-refractivity contribution in [3.8, 4) is 5.75 Å². The Morgan fingerprint density at radius 3 is 2.68 bits per heavy atom. The van der Waals surface area contributed by atoms with Crippen LogP contribution in [0.4, 0.5) is 5.69 Å². The zero-order valence-electron chi connectivity index (χ0n) is 16.8. The zero-order valence-corrected chi connectivity index (χ0v) is 19.9. The van der Waals surface area contributed by atoms with Gasteiger partial charge < -0.3 is 14.6 Å². The third-order valence-electron chi connectivity index (χ3n) is 4.25. The van der Waals surface area contributed by atoms with Crippen molar-refractivity contribution in [1.82, 2.24) is 14.8 Å². The molecule has 0 atom stereocenters. The molecule has 1 amide bonds. The second-order valence-corrected chi connectivity index (χ2v) is 8.74. The van der Waals surface area contributed by atoms with Gasteiger partial charge in [0.25, 0.3) is 0 Å². The van der Waals surface area contributed by atoms with Gasteiger partial charge in [0.15, 0.2) is 5.16 Å². The Bertz CT molecular complexity index is 1050. The molecule has 1 heterocycles. The molecule has 0 saturated heterocycles. The predicted octanol–water partition coefficient (Wildman–Crippen LogP) is 6.00. The molecule has 0 aliphatic carbocycles.